The second-order valence-corrected chi connectivity index (χ2v) is 10.4. The summed E-state index contributed by atoms with van der Waals surface area (Å²) >= 11 is 5.99. The molecular weight excluding hydrogens is 444 g/mol. The highest BCUT2D eigenvalue weighted by Gasteiger charge is 2.72. The SMILES string of the molecule is C[C@]1(/C(Cl)=N/O)[C@H](C(=O)OC(c2ccccc2)c2ccccc2)N2C(=O)C[C@H]2S1(=O)=O. The summed E-state index contributed by atoms with van der Waals surface area (Å²) in [6.45, 7) is 1.17. The summed E-state index contributed by atoms with van der Waals surface area (Å²) < 4.78 is 29.8. The minimum atomic E-state index is -4.15. The number of carbonyl (C=O) groups is 2. The zero-order valence-electron chi connectivity index (χ0n) is 16.4. The van der Waals surface area contributed by atoms with Gasteiger partial charge < -0.3 is 14.8 Å². The van der Waals surface area contributed by atoms with Gasteiger partial charge in [-0.1, -0.05) is 77.4 Å². The van der Waals surface area contributed by atoms with E-state index in [2.05, 4.69) is 5.16 Å². The molecule has 0 aliphatic carbocycles. The number of benzene rings is 2. The van der Waals surface area contributed by atoms with E-state index in [9.17, 15) is 23.2 Å². The normalized spacial score (nSPS) is 27.0. The van der Waals surface area contributed by atoms with Crippen LogP contribution in [0, 0.1) is 0 Å². The van der Waals surface area contributed by atoms with Gasteiger partial charge in [-0.25, -0.2) is 13.2 Å². The Kier molecular flexibility index (Phi) is 5.26. The summed E-state index contributed by atoms with van der Waals surface area (Å²) in [6.07, 6.45) is -1.11. The summed E-state index contributed by atoms with van der Waals surface area (Å²) in [5.41, 5.74) is 1.33. The summed E-state index contributed by atoms with van der Waals surface area (Å²) in [6, 6.07) is 16.3. The van der Waals surface area contributed by atoms with Crippen LogP contribution in [-0.4, -0.2) is 51.7 Å². The van der Waals surface area contributed by atoms with Crippen LogP contribution in [0.2, 0.25) is 0 Å². The van der Waals surface area contributed by atoms with Crippen molar-refractivity contribution in [3.8, 4) is 0 Å². The van der Waals surface area contributed by atoms with Gasteiger partial charge in [-0.15, -0.1) is 0 Å². The predicted molar refractivity (Wildman–Crippen MR) is 112 cm³/mol. The lowest BCUT2D eigenvalue weighted by atomic mass is 9.96. The maximum Gasteiger partial charge on any atom is 0.331 e. The summed E-state index contributed by atoms with van der Waals surface area (Å²) in [7, 11) is -4.15. The van der Waals surface area contributed by atoms with Crippen molar-refractivity contribution in [3.05, 3.63) is 71.8 Å². The molecule has 2 saturated heterocycles. The van der Waals surface area contributed by atoms with Crippen molar-refractivity contribution < 1.29 is 28.0 Å². The van der Waals surface area contributed by atoms with Crippen LogP contribution in [0.4, 0.5) is 0 Å². The Morgan fingerprint density at radius 1 is 1.16 bits per heavy atom. The quantitative estimate of drug-likeness (QED) is 0.240. The van der Waals surface area contributed by atoms with Crippen LogP contribution < -0.4 is 0 Å². The van der Waals surface area contributed by atoms with Crippen LogP contribution in [0.1, 0.15) is 30.6 Å². The number of hydrogen-bond donors (Lipinski definition) is 1. The third-order valence-corrected chi connectivity index (χ3v) is 9.15. The van der Waals surface area contributed by atoms with Gasteiger partial charge in [0.1, 0.15) is 5.37 Å². The van der Waals surface area contributed by atoms with Crippen molar-refractivity contribution in [1.82, 2.24) is 4.90 Å². The number of halogens is 1. The van der Waals surface area contributed by atoms with Gasteiger partial charge in [0.05, 0.1) is 6.42 Å². The van der Waals surface area contributed by atoms with Gasteiger partial charge in [0.15, 0.2) is 31.9 Å². The third kappa shape index (κ3) is 3.11. The molecule has 2 aromatic rings. The van der Waals surface area contributed by atoms with E-state index in [0.29, 0.717) is 11.1 Å². The molecule has 0 saturated carbocycles. The number of hydrogen-bond acceptors (Lipinski definition) is 7. The third-order valence-electron chi connectivity index (χ3n) is 5.86. The van der Waals surface area contributed by atoms with Gasteiger partial charge in [0.25, 0.3) is 0 Å². The average molecular weight is 463 g/mol. The number of carbonyl (C=O) groups excluding carboxylic acids is 2. The zero-order chi connectivity index (χ0) is 22.4. The zero-order valence-corrected chi connectivity index (χ0v) is 18.0. The Hall–Kier alpha value is -2.91. The van der Waals surface area contributed by atoms with E-state index >= 15 is 0 Å². The Morgan fingerprint density at radius 2 is 1.68 bits per heavy atom. The Morgan fingerprint density at radius 3 is 2.13 bits per heavy atom. The number of nitrogens with zero attached hydrogens (tertiary/aromatic N) is 2. The molecule has 0 radical (unpaired) electrons. The lowest BCUT2D eigenvalue weighted by molar-refractivity contribution is -0.163. The average Bonchev–Trinajstić information content (AvgIpc) is 2.93. The van der Waals surface area contributed by atoms with E-state index in [-0.39, 0.29) is 6.42 Å². The van der Waals surface area contributed by atoms with Crippen LogP contribution in [0.3, 0.4) is 0 Å². The molecule has 0 bridgehead atoms. The summed E-state index contributed by atoms with van der Waals surface area (Å²) in [4.78, 5) is 26.6. The van der Waals surface area contributed by atoms with Gasteiger partial charge in [0.2, 0.25) is 5.91 Å². The first kappa shape index (κ1) is 21.3. The summed E-state index contributed by atoms with van der Waals surface area (Å²) in [5.74, 6) is -1.47. The van der Waals surface area contributed by atoms with Gasteiger partial charge in [-0.05, 0) is 18.1 Å². The van der Waals surface area contributed by atoms with E-state index in [1.54, 1.807) is 48.5 Å². The molecule has 0 unspecified atom stereocenters. The maximum absolute atomic E-state index is 13.4. The topological polar surface area (TPSA) is 113 Å². The molecule has 31 heavy (non-hydrogen) atoms. The molecule has 2 aliphatic rings. The molecule has 8 nitrogen and oxygen atoms in total. The molecular formula is C21H19ClN2O6S. The molecule has 1 amide bonds. The van der Waals surface area contributed by atoms with Crippen LogP contribution in [0.25, 0.3) is 0 Å². The van der Waals surface area contributed by atoms with E-state index < -0.39 is 49.2 Å². The monoisotopic (exact) mass is 462 g/mol. The molecule has 10 heteroatoms. The number of rotatable bonds is 5. The van der Waals surface area contributed by atoms with Crippen molar-refractivity contribution in [3.63, 3.8) is 0 Å². The minimum absolute atomic E-state index is 0.266. The fraction of sp³-hybridized carbons (Fsp3) is 0.286. The number of amides is 1. The second kappa shape index (κ2) is 7.65. The minimum Gasteiger partial charge on any atom is -0.451 e. The van der Waals surface area contributed by atoms with Crippen molar-refractivity contribution in [2.45, 2.75) is 35.6 Å². The van der Waals surface area contributed by atoms with Crippen molar-refractivity contribution in [1.29, 1.82) is 0 Å². The first-order chi connectivity index (χ1) is 14.7. The molecule has 0 spiro atoms. The highest BCUT2D eigenvalue weighted by Crippen LogP contribution is 2.48. The highest BCUT2D eigenvalue weighted by atomic mass is 35.5. The first-order valence-corrected chi connectivity index (χ1v) is 11.4. The number of fused-ring (bicyclic) bond motifs is 1. The molecule has 0 aromatic heterocycles. The Balaban J connectivity index is 1.77. The molecule has 2 heterocycles. The number of ether oxygens (including phenoxy) is 1. The van der Waals surface area contributed by atoms with E-state index in [1.807, 2.05) is 12.1 Å². The number of oxime groups is 1. The van der Waals surface area contributed by atoms with Gasteiger partial charge in [-0.3, -0.25) is 4.79 Å². The van der Waals surface area contributed by atoms with E-state index in [1.165, 1.54) is 6.92 Å². The molecule has 162 valence electrons. The smallest absolute Gasteiger partial charge is 0.331 e. The van der Waals surface area contributed by atoms with Crippen molar-refractivity contribution in [2.24, 2.45) is 5.16 Å². The maximum atomic E-state index is 13.4. The van der Waals surface area contributed by atoms with Crippen molar-refractivity contribution in [2.75, 3.05) is 0 Å². The van der Waals surface area contributed by atoms with Gasteiger partial charge in [0, 0.05) is 0 Å². The van der Waals surface area contributed by atoms with E-state index in [0.717, 1.165) is 4.90 Å². The largest absolute Gasteiger partial charge is 0.451 e. The summed E-state index contributed by atoms with van der Waals surface area (Å²) in [5, 5.41) is 10.2. The van der Waals surface area contributed by atoms with Gasteiger partial charge in [-0.2, -0.15) is 0 Å². The fourth-order valence-electron chi connectivity index (χ4n) is 4.11. The van der Waals surface area contributed by atoms with Crippen molar-refractivity contribution >= 4 is 38.5 Å². The molecule has 3 atom stereocenters. The Labute approximate surface area is 184 Å². The second-order valence-electron chi connectivity index (χ2n) is 7.54. The standard InChI is InChI=1S/C21H19ClN2O6S/c1-21(20(22)23-27)18(24-15(25)12-16(24)31(21,28)29)19(26)30-17(13-8-4-2-5-9-13)14-10-6-3-7-11-14/h2-11,16-18,27H,12H2,1H3/b23-20-/t16-,18+,21-/m1/s1. The van der Waals surface area contributed by atoms with Crippen LogP contribution >= 0.6 is 11.6 Å². The number of β-lactam (4-membered cyclic amide) rings is 1. The van der Waals surface area contributed by atoms with Crippen LogP contribution in [0.5, 0.6) is 0 Å². The van der Waals surface area contributed by atoms with E-state index in [4.69, 9.17) is 16.3 Å². The number of esters is 1. The molecule has 1 N–H and O–H groups in total. The first-order valence-electron chi connectivity index (χ1n) is 9.46. The Bertz CT molecular complexity index is 1120. The number of sulfone groups is 1. The van der Waals surface area contributed by atoms with Crippen LogP contribution in [0.15, 0.2) is 65.8 Å². The molecule has 2 fully saturated rings. The molecule has 2 aliphatic heterocycles. The van der Waals surface area contributed by atoms with Gasteiger partial charge >= 0.3 is 5.97 Å². The lowest BCUT2D eigenvalue weighted by Crippen LogP contribution is -2.59. The predicted octanol–water partition coefficient (Wildman–Crippen LogP) is 2.46. The van der Waals surface area contributed by atoms with Crippen LogP contribution in [-0.2, 0) is 24.2 Å². The lowest BCUT2D eigenvalue weighted by Gasteiger charge is -2.36. The highest BCUT2D eigenvalue weighted by molar-refractivity contribution is 7.95. The molecule has 2 aromatic carbocycles. The molecule has 4 rings (SSSR count). The fourth-order valence-corrected chi connectivity index (χ4v) is 6.80.